The highest BCUT2D eigenvalue weighted by Crippen LogP contribution is 2.39. The molecule has 1 aliphatic carbocycles. The van der Waals surface area contributed by atoms with E-state index in [1.807, 2.05) is 12.1 Å². The van der Waals surface area contributed by atoms with Crippen molar-refractivity contribution in [1.82, 2.24) is 0 Å². The summed E-state index contributed by atoms with van der Waals surface area (Å²) in [5, 5.41) is 0. The molecule has 1 aliphatic rings. The number of ether oxygens (including phenoxy) is 1. The molecule has 0 aromatic heterocycles. The Balaban J connectivity index is 1.76. The van der Waals surface area contributed by atoms with Gasteiger partial charge in [0.05, 0.1) is 6.61 Å². The second-order valence-corrected chi connectivity index (χ2v) is 6.64. The van der Waals surface area contributed by atoms with E-state index < -0.39 is 12.6 Å². The third kappa shape index (κ3) is 6.44. The zero-order chi connectivity index (χ0) is 16.7. The topological polar surface area (TPSA) is 9.23 Å². The van der Waals surface area contributed by atoms with Crippen molar-refractivity contribution in [2.45, 2.75) is 70.4 Å². The lowest BCUT2D eigenvalue weighted by molar-refractivity contribution is -0.138. The summed E-state index contributed by atoms with van der Waals surface area (Å²) in [5.41, 5.74) is 1.29. The van der Waals surface area contributed by atoms with Gasteiger partial charge in [-0.15, -0.1) is 0 Å². The molecule has 0 saturated heterocycles. The van der Waals surface area contributed by atoms with Crippen LogP contribution in [-0.4, -0.2) is 12.8 Å². The van der Waals surface area contributed by atoms with Gasteiger partial charge in [0, 0.05) is 6.42 Å². The molecule has 0 aliphatic heterocycles. The van der Waals surface area contributed by atoms with Gasteiger partial charge in [-0.1, -0.05) is 25.5 Å². The van der Waals surface area contributed by atoms with Crippen LogP contribution in [0.4, 0.5) is 13.2 Å². The summed E-state index contributed by atoms with van der Waals surface area (Å²) in [7, 11) is 0. The van der Waals surface area contributed by atoms with Gasteiger partial charge in [0.1, 0.15) is 5.75 Å². The minimum Gasteiger partial charge on any atom is -0.494 e. The van der Waals surface area contributed by atoms with Gasteiger partial charge in [-0.2, -0.15) is 13.2 Å². The average molecular weight is 328 g/mol. The highest BCUT2D eigenvalue weighted by Gasteiger charge is 2.30. The van der Waals surface area contributed by atoms with Crippen molar-refractivity contribution in [3.63, 3.8) is 0 Å². The standard InChI is InChI=1S/C19H27F3O/c1-2-3-14-23-18-10-8-17(9-11-18)16-6-4-15(5-7-16)12-13-19(20,21)22/h8-11,15-16H,2-7,12-14H2,1H3/t15-,16-. The first-order chi connectivity index (χ1) is 11.0. The van der Waals surface area contributed by atoms with Crippen LogP contribution in [0.5, 0.6) is 5.75 Å². The summed E-state index contributed by atoms with van der Waals surface area (Å²) in [6.45, 7) is 2.89. The van der Waals surface area contributed by atoms with E-state index in [4.69, 9.17) is 4.74 Å². The lowest BCUT2D eigenvalue weighted by Gasteiger charge is -2.29. The molecule has 23 heavy (non-hydrogen) atoms. The third-order valence-electron chi connectivity index (χ3n) is 4.80. The summed E-state index contributed by atoms with van der Waals surface area (Å²) < 4.78 is 42.5. The van der Waals surface area contributed by atoms with Crippen LogP contribution in [0.1, 0.15) is 69.8 Å². The summed E-state index contributed by atoms with van der Waals surface area (Å²) in [5.74, 6) is 1.63. The maximum Gasteiger partial charge on any atom is 0.389 e. The van der Waals surface area contributed by atoms with Gasteiger partial charge in [-0.25, -0.2) is 0 Å². The number of rotatable bonds is 7. The number of alkyl halides is 3. The molecular weight excluding hydrogens is 301 g/mol. The normalized spacial score (nSPS) is 22.1. The minimum absolute atomic E-state index is 0.240. The molecule has 0 unspecified atom stereocenters. The molecule has 2 rings (SSSR count). The van der Waals surface area contributed by atoms with Crippen LogP contribution in [0.15, 0.2) is 24.3 Å². The Morgan fingerprint density at radius 3 is 2.26 bits per heavy atom. The highest BCUT2D eigenvalue weighted by atomic mass is 19.4. The molecule has 0 radical (unpaired) electrons. The summed E-state index contributed by atoms with van der Waals surface area (Å²) >= 11 is 0. The molecular formula is C19H27F3O. The van der Waals surface area contributed by atoms with Crippen molar-refractivity contribution in [3.8, 4) is 5.75 Å². The van der Waals surface area contributed by atoms with Crippen molar-refractivity contribution in [2.24, 2.45) is 5.92 Å². The van der Waals surface area contributed by atoms with Crippen molar-refractivity contribution < 1.29 is 17.9 Å². The fraction of sp³-hybridized carbons (Fsp3) is 0.684. The Hall–Kier alpha value is -1.19. The van der Waals surface area contributed by atoms with Crippen LogP contribution in [0, 0.1) is 5.92 Å². The first kappa shape index (κ1) is 18.2. The van der Waals surface area contributed by atoms with E-state index in [0.717, 1.165) is 50.9 Å². The first-order valence-corrected chi connectivity index (χ1v) is 8.77. The number of hydrogen-bond donors (Lipinski definition) is 0. The Morgan fingerprint density at radius 2 is 1.70 bits per heavy atom. The zero-order valence-electron chi connectivity index (χ0n) is 13.9. The van der Waals surface area contributed by atoms with E-state index in [-0.39, 0.29) is 5.92 Å². The van der Waals surface area contributed by atoms with Crippen LogP contribution in [-0.2, 0) is 0 Å². The molecule has 0 atom stereocenters. The van der Waals surface area contributed by atoms with E-state index in [0.29, 0.717) is 12.3 Å². The fourth-order valence-electron chi connectivity index (χ4n) is 3.32. The van der Waals surface area contributed by atoms with Crippen LogP contribution in [0.25, 0.3) is 0 Å². The maximum atomic E-state index is 12.3. The third-order valence-corrected chi connectivity index (χ3v) is 4.80. The maximum absolute atomic E-state index is 12.3. The average Bonchev–Trinajstić information content (AvgIpc) is 2.54. The van der Waals surface area contributed by atoms with Gasteiger partial charge in [0.15, 0.2) is 0 Å². The van der Waals surface area contributed by atoms with Gasteiger partial charge in [0.25, 0.3) is 0 Å². The Labute approximate surface area is 137 Å². The molecule has 0 N–H and O–H groups in total. The lowest BCUT2D eigenvalue weighted by Crippen LogP contribution is -2.16. The molecule has 0 bridgehead atoms. The van der Waals surface area contributed by atoms with Gasteiger partial charge >= 0.3 is 6.18 Å². The van der Waals surface area contributed by atoms with Gasteiger partial charge in [-0.3, -0.25) is 0 Å². The largest absolute Gasteiger partial charge is 0.494 e. The first-order valence-electron chi connectivity index (χ1n) is 8.77. The molecule has 0 heterocycles. The fourth-order valence-corrected chi connectivity index (χ4v) is 3.32. The summed E-state index contributed by atoms with van der Waals surface area (Å²) in [6.07, 6.45) is 1.65. The van der Waals surface area contributed by atoms with Gasteiger partial charge in [0.2, 0.25) is 0 Å². The van der Waals surface area contributed by atoms with Crippen molar-refractivity contribution >= 4 is 0 Å². The number of hydrogen-bond acceptors (Lipinski definition) is 1. The molecule has 1 saturated carbocycles. The smallest absolute Gasteiger partial charge is 0.389 e. The molecule has 1 nitrogen and oxygen atoms in total. The number of halogens is 3. The summed E-state index contributed by atoms with van der Waals surface area (Å²) in [4.78, 5) is 0. The molecule has 0 amide bonds. The molecule has 1 fully saturated rings. The second-order valence-electron chi connectivity index (χ2n) is 6.64. The monoisotopic (exact) mass is 328 g/mol. The molecule has 130 valence electrons. The Kier molecular flexibility index (Phi) is 6.79. The quantitative estimate of drug-likeness (QED) is 0.520. The van der Waals surface area contributed by atoms with Crippen molar-refractivity contribution in [1.29, 1.82) is 0 Å². The number of benzene rings is 1. The van der Waals surface area contributed by atoms with E-state index in [9.17, 15) is 13.2 Å². The van der Waals surface area contributed by atoms with E-state index in [1.165, 1.54) is 5.56 Å². The van der Waals surface area contributed by atoms with E-state index in [1.54, 1.807) is 0 Å². The lowest BCUT2D eigenvalue weighted by atomic mass is 9.77. The highest BCUT2D eigenvalue weighted by molar-refractivity contribution is 5.29. The molecule has 0 spiro atoms. The van der Waals surface area contributed by atoms with Crippen molar-refractivity contribution in [2.75, 3.05) is 6.61 Å². The van der Waals surface area contributed by atoms with Gasteiger partial charge in [-0.05, 0) is 68.1 Å². The van der Waals surface area contributed by atoms with Crippen molar-refractivity contribution in [3.05, 3.63) is 29.8 Å². The number of unbranched alkanes of at least 4 members (excludes halogenated alkanes) is 1. The second kappa shape index (κ2) is 8.60. The predicted octanol–water partition coefficient (Wildman–Crippen LogP) is 6.48. The van der Waals surface area contributed by atoms with E-state index >= 15 is 0 Å². The Bertz CT molecular complexity index is 445. The zero-order valence-corrected chi connectivity index (χ0v) is 13.9. The van der Waals surface area contributed by atoms with Crippen LogP contribution in [0.2, 0.25) is 0 Å². The Morgan fingerprint density at radius 1 is 1.04 bits per heavy atom. The van der Waals surface area contributed by atoms with Crippen LogP contribution < -0.4 is 4.74 Å². The molecule has 1 aromatic rings. The summed E-state index contributed by atoms with van der Waals surface area (Å²) in [6, 6.07) is 8.26. The SMILES string of the molecule is CCCCOc1ccc([C@H]2CC[C@H](CCC(F)(F)F)CC2)cc1. The van der Waals surface area contributed by atoms with Crippen LogP contribution >= 0.6 is 0 Å². The minimum atomic E-state index is -4.01. The molecule has 4 heteroatoms. The predicted molar refractivity (Wildman–Crippen MR) is 86.8 cm³/mol. The van der Waals surface area contributed by atoms with Gasteiger partial charge < -0.3 is 4.74 Å². The van der Waals surface area contributed by atoms with E-state index in [2.05, 4.69) is 19.1 Å². The van der Waals surface area contributed by atoms with Crippen LogP contribution in [0.3, 0.4) is 0 Å². The molecule has 1 aromatic carbocycles.